The number of anilines is 1. The third kappa shape index (κ3) is 7.24. The fourth-order valence-corrected chi connectivity index (χ4v) is 7.89. The molecular formula is C39H44ClFN6O2. The van der Waals surface area contributed by atoms with Crippen LogP contribution in [0.15, 0.2) is 60.7 Å². The maximum Gasteiger partial charge on any atom is 0.251 e. The minimum Gasteiger partial charge on any atom is -0.369 e. The van der Waals surface area contributed by atoms with Crippen LogP contribution in [-0.4, -0.2) is 76.7 Å². The normalized spacial score (nSPS) is 16.5. The molecule has 4 heterocycles. The van der Waals surface area contributed by atoms with Crippen molar-refractivity contribution in [1.82, 2.24) is 24.9 Å². The number of halogens is 2. The summed E-state index contributed by atoms with van der Waals surface area (Å²) in [5.74, 6) is -0.309. The van der Waals surface area contributed by atoms with Gasteiger partial charge in [0.15, 0.2) is 0 Å². The van der Waals surface area contributed by atoms with Gasteiger partial charge in [-0.1, -0.05) is 29.8 Å². The number of fused-ring (bicyclic) bond motifs is 2. The van der Waals surface area contributed by atoms with Gasteiger partial charge in [-0.3, -0.25) is 14.3 Å². The Morgan fingerprint density at radius 1 is 0.959 bits per heavy atom. The Bertz CT molecular complexity index is 1870. The number of amides is 2. The highest BCUT2D eigenvalue weighted by Gasteiger charge is 2.28. The summed E-state index contributed by atoms with van der Waals surface area (Å²) in [5, 5.41) is 8.88. The molecule has 1 saturated heterocycles. The summed E-state index contributed by atoms with van der Waals surface area (Å²) in [7, 11) is 0. The van der Waals surface area contributed by atoms with Crippen LogP contribution in [0.4, 0.5) is 10.1 Å². The minimum atomic E-state index is -0.218. The van der Waals surface area contributed by atoms with Gasteiger partial charge in [0.05, 0.1) is 5.69 Å². The molecule has 1 atom stereocenters. The largest absolute Gasteiger partial charge is 0.369 e. The summed E-state index contributed by atoms with van der Waals surface area (Å²) < 4.78 is 15.9. The first-order chi connectivity index (χ1) is 23.7. The van der Waals surface area contributed by atoms with Crippen LogP contribution in [0.1, 0.15) is 60.3 Å². The van der Waals surface area contributed by atoms with Crippen LogP contribution in [0.2, 0.25) is 5.02 Å². The third-order valence-corrected chi connectivity index (χ3v) is 10.5. The molecule has 1 aromatic heterocycles. The molecule has 8 nitrogen and oxygen atoms in total. The molecule has 7 rings (SSSR count). The summed E-state index contributed by atoms with van der Waals surface area (Å²) in [6, 6.07) is 18.3. The molecule has 4 aromatic rings. The second-order valence-corrected chi connectivity index (χ2v) is 14.1. The van der Waals surface area contributed by atoms with Gasteiger partial charge in [0.25, 0.3) is 5.91 Å². The topological polar surface area (TPSA) is 73.7 Å². The number of aryl methyl sites for hydroxylation is 1. The van der Waals surface area contributed by atoms with Crippen LogP contribution in [0, 0.1) is 5.82 Å². The second kappa shape index (κ2) is 14.3. The molecule has 256 valence electrons. The molecule has 3 aliphatic rings. The molecule has 0 aliphatic carbocycles. The Balaban J connectivity index is 1.10. The van der Waals surface area contributed by atoms with Crippen molar-refractivity contribution in [2.45, 2.75) is 65.1 Å². The lowest BCUT2D eigenvalue weighted by Crippen LogP contribution is -2.41. The van der Waals surface area contributed by atoms with E-state index in [1.807, 2.05) is 54.3 Å². The van der Waals surface area contributed by atoms with E-state index in [1.165, 1.54) is 37.7 Å². The highest BCUT2D eigenvalue weighted by atomic mass is 35.5. The smallest absolute Gasteiger partial charge is 0.251 e. The molecular weight excluding hydrogens is 639 g/mol. The van der Waals surface area contributed by atoms with E-state index in [4.69, 9.17) is 16.7 Å². The lowest BCUT2D eigenvalue weighted by atomic mass is 9.96. The van der Waals surface area contributed by atoms with Crippen molar-refractivity contribution in [3.63, 3.8) is 0 Å². The van der Waals surface area contributed by atoms with Gasteiger partial charge in [-0.15, -0.1) is 0 Å². The highest BCUT2D eigenvalue weighted by Crippen LogP contribution is 2.36. The minimum absolute atomic E-state index is 0.0697. The number of carbonyl (C=O) groups is 2. The Labute approximate surface area is 292 Å². The predicted octanol–water partition coefficient (Wildman–Crippen LogP) is 6.58. The van der Waals surface area contributed by atoms with Crippen molar-refractivity contribution in [2.75, 3.05) is 44.2 Å². The fraction of sp³-hybridized carbons (Fsp3) is 0.410. The van der Waals surface area contributed by atoms with Gasteiger partial charge in [-0.05, 0) is 106 Å². The Kier molecular flexibility index (Phi) is 9.74. The number of carbonyl (C=O) groups excluding carboxylic acids is 2. The lowest BCUT2D eigenvalue weighted by Gasteiger charge is -2.27. The van der Waals surface area contributed by atoms with Gasteiger partial charge in [-0.2, -0.15) is 5.10 Å². The molecule has 0 spiro atoms. The molecule has 1 unspecified atom stereocenters. The molecule has 3 aliphatic heterocycles. The van der Waals surface area contributed by atoms with Crippen molar-refractivity contribution in [3.8, 4) is 22.4 Å². The van der Waals surface area contributed by atoms with Crippen molar-refractivity contribution in [1.29, 1.82) is 0 Å². The van der Waals surface area contributed by atoms with Gasteiger partial charge in [0, 0.05) is 90.8 Å². The zero-order valence-corrected chi connectivity index (χ0v) is 29.1. The second-order valence-electron chi connectivity index (χ2n) is 13.7. The van der Waals surface area contributed by atoms with Gasteiger partial charge in [0.2, 0.25) is 5.91 Å². The number of nitrogens with one attached hydrogen (secondary N) is 1. The van der Waals surface area contributed by atoms with E-state index in [0.29, 0.717) is 30.2 Å². The van der Waals surface area contributed by atoms with Crippen LogP contribution in [0.5, 0.6) is 0 Å². The number of likely N-dealkylation sites (tertiary alicyclic amines) is 1. The first-order valence-electron chi connectivity index (χ1n) is 17.5. The zero-order valence-electron chi connectivity index (χ0n) is 28.4. The fourth-order valence-electron chi connectivity index (χ4n) is 7.66. The molecule has 1 fully saturated rings. The van der Waals surface area contributed by atoms with Gasteiger partial charge < -0.3 is 20.0 Å². The molecule has 1 N–H and O–H groups in total. The van der Waals surface area contributed by atoms with Crippen LogP contribution in [0.25, 0.3) is 22.4 Å². The average molecular weight is 683 g/mol. The number of aromatic nitrogens is 2. The first-order valence-corrected chi connectivity index (χ1v) is 17.9. The SMILES string of the molecule is CC(=O)N1CCc2c(c(-c3ccc(Cl)c(-c4cccc(C(=O)NC(C)CN5CCc6cc(F)ccc65)c4)c3)nn2CCCN2CCCC2)C1. The number of rotatable bonds is 10. The maximum atomic E-state index is 13.7. The van der Waals surface area contributed by atoms with Crippen LogP contribution in [-0.2, 0) is 30.7 Å². The van der Waals surface area contributed by atoms with E-state index < -0.39 is 0 Å². The van der Waals surface area contributed by atoms with Crippen molar-refractivity contribution < 1.29 is 14.0 Å². The van der Waals surface area contributed by atoms with E-state index in [1.54, 1.807) is 13.0 Å². The first kappa shape index (κ1) is 33.3. The van der Waals surface area contributed by atoms with Crippen molar-refractivity contribution in [2.24, 2.45) is 0 Å². The zero-order chi connectivity index (χ0) is 34.1. The molecule has 10 heteroatoms. The number of nitrogens with zero attached hydrogens (tertiary/aromatic N) is 5. The van der Waals surface area contributed by atoms with Crippen molar-refractivity contribution >= 4 is 29.1 Å². The van der Waals surface area contributed by atoms with E-state index in [0.717, 1.165) is 78.1 Å². The quantitative estimate of drug-likeness (QED) is 0.205. The maximum absolute atomic E-state index is 13.7. The Hall–Kier alpha value is -4.21. The summed E-state index contributed by atoms with van der Waals surface area (Å²) >= 11 is 6.81. The van der Waals surface area contributed by atoms with Gasteiger partial charge in [0.1, 0.15) is 5.82 Å². The monoisotopic (exact) mass is 682 g/mol. The summed E-state index contributed by atoms with van der Waals surface area (Å²) in [4.78, 5) is 32.5. The van der Waals surface area contributed by atoms with E-state index >= 15 is 0 Å². The van der Waals surface area contributed by atoms with E-state index in [2.05, 4.69) is 25.9 Å². The summed E-state index contributed by atoms with van der Waals surface area (Å²) in [6.07, 6.45) is 5.18. The summed E-state index contributed by atoms with van der Waals surface area (Å²) in [6.45, 7) is 10.6. The van der Waals surface area contributed by atoms with E-state index in [9.17, 15) is 14.0 Å². The average Bonchev–Trinajstić information content (AvgIpc) is 3.84. The number of benzene rings is 3. The van der Waals surface area contributed by atoms with Crippen molar-refractivity contribution in [3.05, 3.63) is 93.9 Å². The molecule has 0 saturated carbocycles. The number of hydrogen-bond acceptors (Lipinski definition) is 5. The summed E-state index contributed by atoms with van der Waals surface area (Å²) in [5.41, 5.74) is 8.37. The van der Waals surface area contributed by atoms with Crippen LogP contribution >= 0.6 is 11.6 Å². The van der Waals surface area contributed by atoms with Crippen LogP contribution in [0.3, 0.4) is 0 Å². The van der Waals surface area contributed by atoms with E-state index in [-0.39, 0.29) is 23.7 Å². The molecule has 0 radical (unpaired) electrons. The lowest BCUT2D eigenvalue weighted by molar-refractivity contribution is -0.129. The van der Waals surface area contributed by atoms with Gasteiger partial charge >= 0.3 is 0 Å². The predicted molar refractivity (Wildman–Crippen MR) is 192 cm³/mol. The Morgan fingerprint density at radius 3 is 2.61 bits per heavy atom. The molecule has 3 aromatic carbocycles. The third-order valence-electron chi connectivity index (χ3n) is 10.2. The number of hydrogen-bond donors (Lipinski definition) is 1. The molecule has 0 bridgehead atoms. The standard InChI is InChI=1S/C39H44ClFN6O2/c1-26(24-46-19-13-29-22-32(41)10-12-36(29)46)42-39(49)31-8-5-7-28(21-31)33-23-30(9-11-35(33)40)38-34-25-45(27(2)48)20-14-37(34)47(43-38)18-6-17-44-15-3-4-16-44/h5,7-12,21-23,26H,3-4,6,13-20,24-25H2,1-2H3,(H,42,49). The highest BCUT2D eigenvalue weighted by molar-refractivity contribution is 6.33. The Morgan fingerprint density at radius 2 is 1.80 bits per heavy atom. The molecule has 49 heavy (non-hydrogen) atoms. The van der Waals surface area contributed by atoms with Crippen LogP contribution < -0.4 is 10.2 Å². The van der Waals surface area contributed by atoms with Gasteiger partial charge in [-0.25, -0.2) is 4.39 Å². The molecule has 2 amide bonds.